The Balaban J connectivity index is 2.17. The number of aryl methyl sites for hydroxylation is 1. The molecule has 0 aliphatic carbocycles. The zero-order chi connectivity index (χ0) is 25.8. The summed E-state index contributed by atoms with van der Waals surface area (Å²) >= 11 is 0. The molecule has 2 N–H and O–H groups in total. The lowest BCUT2D eigenvalue weighted by molar-refractivity contribution is 0.202. The van der Waals surface area contributed by atoms with Gasteiger partial charge in [-0.15, -0.1) is 0 Å². The second-order valence-electron chi connectivity index (χ2n) is 8.40. The highest BCUT2D eigenvalue weighted by atomic mass is 32.2. The first-order valence-electron chi connectivity index (χ1n) is 12.4. The minimum absolute atomic E-state index is 0.0361. The smallest absolute Gasteiger partial charge is 0.317 e. The van der Waals surface area contributed by atoms with Crippen LogP contribution in [0.4, 0.5) is 4.79 Å². The van der Waals surface area contributed by atoms with Gasteiger partial charge in [0.15, 0.2) is 5.82 Å². The molecule has 0 aliphatic heterocycles. The lowest BCUT2D eigenvalue weighted by Crippen LogP contribution is -2.39. The van der Waals surface area contributed by atoms with Crippen LogP contribution in [0.5, 0.6) is 0 Å². The molecule has 11 heteroatoms. The number of amides is 2. The number of nitrogens with one attached hydrogen (secondary N) is 2. The Labute approximate surface area is 210 Å². The number of hydrogen-bond acceptors (Lipinski definition) is 6. The Morgan fingerprint density at radius 3 is 2.31 bits per heavy atom. The van der Waals surface area contributed by atoms with Crippen LogP contribution in [0, 0.1) is 0 Å². The van der Waals surface area contributed by atoms with Crippen molar-refractivity contribution < 1.29 is 13.2 Å². The summed E-state index contributed by atoms with van der Waals surface area (Å²) in [5.41, 5.74) is 0.979. The predicted octanol–water partition coefficient (Wildman–Crippen LogP) is 2.30. The lowest BCUT2D eigenvalue weighted by atomic mass is 10.1. The highest BCUT2D eigenvalue weighted by Gasteiger charge is 2.25. The molecule has 2 amide bonds. The summed E-state index contributed by atoms with van der Waals surface area (Å²) in [6.45, 7) is 11.9. The molecule has 0 radical (unpaired) electrons. The van der Waals surface area contributed by atoms with Crippen LogP contribution in [0.2, 0.25) is 0 Å². The van der Waals surface area contributed by atoms with E-state index in [9.17, 15) is 13.2 Å². The third-order valence-electron chi connectivity index (χ3n) is 6.02. The predicted molar refractivity (Wildman–Crippen MR) is 138 cm³/mol. The van der Waals surface area contributed by atoms with E-state index in [-0.39, 0.29) is 18.3 Å². The highest BCUT2D eigenvalue weighted by Crippen LogP contribution is 2.18. The van der Waals surface area contributed by atoms with Gasteiger partial charge in [-0.25, -0.2) is 22.9 Å². The van der Waals surface area contributed by atoms with Crippen LogP contribution < -0.4 is 10.0 Å². The van der Waals surface area contributed by atoms with Crippen LogP contribution >= 0.6 is 0 Å². The van der Waals surface area contributed by atoms with E-state index in [2.05, 4.69) is 38.9 Å². The lowest BCUT2D eigenvalue weighted by Gasteiger charge is -2.19. The number of urea groups is 1. The van der Waals surface area contributed by atoms with E-state index in [0.29, 0.717) is 37.6 Å². The van der Waals surface area contributed by atoms with Gasteiger partial charge in [0, 0.05) is 20.1 Å². The van der Waals surface area contributed by atoms with Crippen molar-refractivity contribution in [2.24, 2.45) is 7.05 Å². The van der Waals surface area contributed by atoms with Gasteiger partial charge in [-0.05, 0) is 51.9 Å². The summed E-state index contributed by atoms with van der Waals surface area (Å²) in [7, 11) is -1.81. The zero-order valence-electron chi connectivity index (χ0n) is 21.7. The number of aromatic nitrogens is 3. The average molecular weight is 508 g/mol. The van der Waals surface area contributed by atoms with E-state index in [0.717, 1.165) is 25.2 Å². The Morgan fingerprint density at radius 1 is 1.06 bits per heavy atom. The van der Waals surface area contributed by atoms with Crippen LogP contribution in [-0.4, -0.2) is 77.5 Å². The molecule has 0 fully saturated rings. The van der Waals surface area contributed by atoms with Crippen LogP contribution in [-0.2, 0) is 30.0 Å². The van der Waals surface area contributed by atoms with Crippen LogP contribution in [0.15, 0.2) is 30.3 Å². The number of carbonyl (C=O) groups excluding carboxylic acids is 1. The molecule has 0 spiro atoms. The second-order valence-corrected chi connectivity index (χ2v) is 10.3. The number of hydrogen-bond donors (Lipinski definition) is 2. The van der Waals surface area contributed by atoms with Gasteiger partial charge in [-0.2, -0.15) is 5.10 Å². The third kappa shape index (κ3) is 9.23. The summed E-state index contributed by atoms with van der Waals surface area (Å²) in [6.07, 6.45) is 0.971. The molecule has 196 valence electrons. The van der Waals surface area contributed by atoms with Crippen LogP contribution in [0.25, 0.3) is 0 Å². The average Bonchev–Trinajstić information content (AvgIpc) is 3.22. The molecule has 1 aromatic carbocycles. The summed E-state index contributed by atoms with van der Waals surface area (Å²) < 4.78 is 30.3. The Kier molecular flexibility index (Phi) is 11.6. The molecule has 0 saturated carbocycles. The van der Waals surface area contributed by atoms with E-state index in [1.165, 1.54) is 0 Å². The minimum atomic E-state index is -3.55. The quantitative estimate of drug-likeness (QED) is 0.383. The number of carbonyl (C=O) groups is 1. The van der Waals surface area contributed by atoms with Gasteiger partial charge < -0.3 is 15.1 Å². The van der Waals surface area contributed by atoms with E-state index in [1.807, 2.05) is 44.2 Å². The fourth-order valence-corrected chi connectivity index (χ4v) is 5.10. The summed E-state index contributed by atoms with van der Waals surface area (Å²) in [5.74, 6) is 0.976. The summed E-state index contributed by atoms with van der Waals surface area (Å²) in [4.78, 5) is 20.8. The minimum Gasteiger partial charge on any atom is -0.331 e. The molecule has 1 atom stereocenters. The SMILES string of the molecule is CCN(CC)CCCS(=O)(=O)N[C@H](Cc1ccccc1)c1nc(CNC(=O)N(CC)CC)n(C)n1. The van der Waals surface area contributed by atoms with Gasteiger partial charge in [-0.3, -0.25) is 4.68 Å². The van der Waals surface area contributed by atoms with Gasteiger partial charge in [0.2, 0.25) is 10.0 Å². The molecule has 0 unspecified atom stereocenters. The first-order chi connectivity index (χ1) is 16.7. The molecule has 0 aliphatic rings. The van der Waals surface area contributed by atoms with Crippen molar-refractivity contribution >= 4 is 16.1 Å². The zero-order valence-corrected chi connectivity index (χ0v) is 22.5. The largest absolute Gasteiger partial charge is 0.331 e. The second kappa shape index (κ2) is 14.2. The topological polar surface area (TPSA) is 112 Å². The van der Waals surface area contributed by atoms with Crippen molar-refractivity contribution in [3.05, 3.63) is 47.5 Å². The van der Waals surface area contributed by atoms with Crippen molar-refractivity contribution in [3.8, 4) is 0 Å². The molecule has 10 nitrogen and oxygen atoms in total. The van der Waals surface area contributed by atoms with Gasteiger partial charge >= 0.3 is 6.03 Å². The molecule has 2 rings (SSSR count). The molecular formula is C24H41N7O3S. The van der Waals surface area contributed by atoms with Crippen LogP contribution in [0.3, 0.4) is 0 Å². The molecule has 0 bridgehead atoms. The van der Waals surface area contributed by atoms with E-state index in [4.69, 9.17) is 0 Å². The Bertz CT molecular complexity index is 1000. The number of sulfonamides is 1. The monoisotopic (exact) mass is 507 g/mol. The van der Waals surface area contributed by atoms with E-state index >= 15 is 0 Å². The summed E-state index contributed by atoms with van der Waals surface area (Å²) in [5, 5.41) is 7.36. The van der Waals surface area contributed by atoms with Crippen molar-refractivity contribution in [1.29, 1.82) is 0 Å². The van der Waals surface area contributed by atoms with Gasteiger partial charge in [-0.1, -0.05) is 44.2 Å². The maximum Gasteiger partial charge on any atom is 0.317 e. The summed E-state index contributed by atoms with van der Waals surface area (Å²) in [6, 6.07) is 8.89. The highest BCUT2D eigenvalue weighted by molar-refractivity contribution is 7.89. The molecule has 0 saturated heterocycles. The van der Waals surface area contributed by atoms with Gasteiger partial charge in [0.1, 0.15) is 5.82 Å². The van der Waals surface area contributed by atoms with Crippen LogP contribution in [0.1, 0.15) is 57.4 Å². The van der Waals surface area contributed by atoms with Crippen molar-refractivity contribution in [2.45, 2.75) is 53.1 Å². The normalized spacial score (nSPS) is 12.6. The number of nitrogens with zero attached hydrogens (tertiary/aromatic N) is 5. The fraction of sp³-hybridized carbons (Fsp3) is 0.625. The van der Waals surface area contributed by atoms with E-state index in [1.54, 1.807) is 16.6 Å². The van der Waals surface area contributed by atoms with E-state index < -0.39 is 16.1 Å². The fourth-order valence-electron chi connectivity index (χ4n) is 3.85. The van der Waals surface area contributed by atoms with Crippen molar-refractivity contribution in [2.75, 3.05) is 38.5 Å². The maximum absolute atomic E-state index is 13.0. The number of rotatable bonds is 15. The maximum atomic E-state index is 13.0. The molecule has 1 heterocycles. The van der Waals surface area contributed by atoms with Gasteiger partial charge in [0.05, 0.1) is 18.3 Å². The molecule has 2 aromatic rings. The van der Waals surface area contributed by atoms with Gasteiger partial charge in [0.25, 0.3) is 0 Å². The third-order valence-corrected chi connectivity index (χ3v) is 7.49. The Morgan fingerprint density at radius 2 is 1.71 bits per heavy atom. The molecular weight excluding hydrogens is 466 g/mol. The molecule has 35 heavy (non-hydrogen) atoms. The van der Waals surface area contributed by atoms with Crippen molar-refractivity contribution in [3.63, 3.8) is 0 Å². The first-order valence-corrected chi connectivity index (χ1v) is 14.1. The Hall–Kier alpha value is -2.50. The number of benzene rings is 1. The van der Waals surface area contributed by atoms with Crippen molar-refractivity contribution in [1.82, 2.24) is 34.6 Å². The molecule has 1 aromatic heterocycles. The standard InChI is InChI=1S/C24H41N7O3S/c1-6-30(7-2)16-13-17-35(33,34)28-21(18-20-14-11-10-12-15-20)23-26-22(29(5)27-23)19-25-24(32)31(8-3)9-4/h10-12,14-15,21,28H,6-9,13,16-19H2,1-5H3,(H,25,32)/t21-/m1/s1. The first kappa shape index (κ1) is 28.7.